The average Bonchev–Trinajstić information content (AvgIpc) is 2.66. The molecule has 0 aliphatic rings. The third kappa shape index (κ3) is 4.23. The van der Waals surface area contributed by atoms with Crippen molar-refractivity contribution in [1.82, 2.24) is 0 Å². The van der Waals surface area contributed by atoms with Gasteiger partial charge in [0.15, 0.2) is 11.5 Å². The van der Waals surface area contributed by atoms with Crippen LogP contribution in [0, 0.1) is 5.41 Å². The number of hydrogen-bond acceptors (Lipinski definition) is 3. The molecular weight excluding hydrogens is 298 g/mol. The van der Waals surface area contributed by atoms with Gasteiger partial charge in [-0.25, -0.2) is 0 Å². The van der Waals surface area contributed by atoms with Gasteiger partial charge in [0.05, 0.1) is 0 Å². The SMILES string of the molecule is N=Cc1ccc(OCc2ccccc2)c(OCc2ccccc2)c1. The van der Waals surface area contributed by atoms with E-state index in [4.69, 9.17) is 14.9 Å². The van der Waals surface area contributed by atoms with E-state index in [-0.39, 0.29) is 0 Å². The summed E-state index contributed by atoms with van der Waals surface area (Å²) in [6.45, 7) is 0.941. The number of hydrogen-bond donors (Lipinski definition) is 1. The molecule has 3 nitrogen and oxygen atoms in total. The first-order valence-electron chi connectivity index (χ1n) is 7.83. The molecule has 0 spiro atoms. The molecule has 3 heteroatoms. The summed E-state index contributed by atoms with van der Waals surface area (Å²) in [5, 5.41) is 7.42. The van der Waals surface area contributed by atoms with Crippen molar-refractivity contribution in [3.8, 4) is 11.5 Å². The van der Waals surface area contributed by atoms with Crippen LogP contribution in [0.1, 0.15) is 16.7 Å². The summed E-state index contributed by atoms with van der Waals surface area (Å²) in [4.78, 5) is 0. The van der Waals surface area contributed by atoms with Crippen molar-refractivity contribution < 1.29 is 9.47 Å². The Balaban J connectivity index is 1.74. The molecule has 0 amide bonds. The second-order valence-corrected chi connectivity index (χ2v) is 5.40. The van der Waals surface area contributed by atoms with Crippen molar-refractivity contribution in [2.75, 3.05) is 0 Å². The number of rotatable bonds is 7. The van der Waals surface area contributed by atoms with Crippen molar-refractivity contribution in [3.63, 3.8) is 0 Å². The zero-order chi connectivity index (χ0) is 16.6. The highest BCUT2D eigenvalue weighted by atomic mass is 16.5. The quantitative estimate of drug-likeness (QED) is 0.633. The Morgan fingerprint density at radius 3 is 1.75 bits per heavy atom. The predicted octanol–water partition coefficient (Wildman–Crippen LogP) is 4.84. The van der Waals surface area contributed by atoms with Gasteiger partial charge in [-0.3, -0.25) is 0 Å². The molecule has 0 aliphatic heterocycles. The lowest BCUT2D eigenvalue weighted by Crippen LogP contribution is -2.01. The van der Waals surface area contributed by atoms with Crippen LogP contribution < -0.4 is 9.47 Å². The van der Waals surface area contributed by atoms with Gasteiger partial charge in [-0.1, -0.05) is 60.7 Å². The molecular formula is C21H19NO2. The molecule has 0 heterocycles. The van der Waals surface area contributed by atoms with Crippen LogP contribution in [-0.4, -0.2) is 6.21 Å². The molecule has 0 aromatic heterocycles. The fourth-order valence-corrected chi connectivity index (χ4v) is 2.32. The maximum absolute atomic E-state index is 7.42. The number of benzene rings is 3. The molecule has 0 saturated carbocycles. The second-order valence-electron chi connectivity index (χ2n) is 5.40. The lowest BCUT2D eigenvalue weighted by atomic mass is 10.2. The van der Waals surface area contributed by atoms with Crippen LogP contribution in [0.5, 0.6) is 11.5 Å². The third-order valence-electron chi connectivity index (χ3n) is 3.61. The molecule has 24 heavy (non-hydrogen) atoms. The molecule has 0 bridgehead atoms. The molecule has 3 aromatic carbocycles. The molecule has 3 rings (SSSR count). The number of nitrogens with one attached hydrogen (secondary N) is 1. The zero-order valence-corrected chi connectivity index (χ0v) is 13.3. The summed E-state index contributed by atoms with van der Waals surface area (Å²) in [5.74, 6) is 1.33. The Hall–Kier alpha value is -3.07. The lowest BCUT2D eigenvalue weighted by Gasteiger charge is -2.14. The van der Waals surface area contributed by atoms with Gasteiger partial charge in [-0.2, -0.15) is 0 Å². The van der Waals surface area contributed by atoms with Crippen molar-refractivity contribution >= 4 is 6.21 Å². The molecule has 0 aliphatic carbocycles. The van der Waals surface area contributed by atoms with Crippen LogP contribution in [-0.2, 0) is 13.2 Å². The van der Waals surface area contributed by atoms with Gasteiger partial charge in [-0.15, -0.1) is 0 Å². The maximum Gasteiger partial charge on any atom is 0.162 e. The van der Waals surface area contributed by atoms with Crippen molar-refractivity contribution in [1.29, 1.82) is 5.41 Å². The van der Waals surface area contributed by atoms with Gasteiger partial charge in [0.1, 0.15) is 13.2 Å². The van der Waals surface area contributed by atoms with E-state index in [0.29, 0.717) is 24.7 Å². The van der Waals surface area contributed by atoms with Crippen molar-refractivity contribution in [2.45, 2.75) is 13.2 Å². The lowest BCUT2D eigenvalue weighted by molar-refractivity contribution is 0.256. The van der Waals surface area contributed by atoms with Gasteiger partial charge < -0.3 is 14.9 Å². The van der Waals surface area contributed by atoms with Gasteiger partial charge >= 0.3 is 0 Å². The Morgan fingerprint density at radius 2 is 1.21 bits per heavy atom. The first-order valence-corrected chi connectivity index (χ1v) is 7.83. The Morgan fingerprint density at radius 1 is 0.667 bits per heavy atom. The summed E-state index contributed by atoms with van der Waals surface area (Å²) in [5.41, 5.74) is 2.97. The Kier molecular flexibility index (Phi) is 5.25. The highest BCUT2D eigenvalue weighted by molar-refractivity contribution is 5.78. The standard InChI is InChI=1S/C21H19NO2/c22-14-19-11-12-20(23-15-17-7-3-1-4-8-17)21(13-19)24-16-18-9-5-2-6-10-18/h1-14,22H,15-16H2. The largest absolute Gasteiger partial charge is 0.485 e. The third-order valence-corrected chi connectivity index (χ3v) is 3.61. The smallest absolute Gasteiger partial charge is 0.162 e. The Labute approximate surface area is 142 Å². The second kappa shape index (κ2) is 7.97. The number of ether oxygens (including phenoxy) is 2. The van der Waals surface area contributed by atoms with E-state index in [1.165, 1.54) is 6.21 Å². The first kappa shape index (κ1) is 15.8. The average molecular weight is 317 g/mol. The summed E-state index contributed by atoms with van der Waals surface area (Å²) < 4.78 is 11.8. The molecule has 3 aromatic rings. The molecule has 0 saturated heterocycles. The van der Waals surface area contributed by atoms with Crippen LogP contribution in [0.2, 0.25) is 0 Å². The first-order chi connectivity index (χ1) is 11.8. The molecule has 0 unspecified atom stereocenters. The van der Waals surface area contributed by atoms with Crippen molar-refractivity contribution in [2.24, 2.45) is 0 Å². The molecule has 1 N–H and O–H groups in total. The van der Waals surface area contributed by atoms with Crippen LogP contribution in [0.15, 0.2) is 78.9 Å². The minimum absolute atomic E-state index is 0.462. The molecule has 0 fully saturated rings. The van der Waals surface area contributed by atoms with E-state index in [0.717, 1.165) is 16.7 Å². The molecule has 0 radical (unpaired) electrons. The van der Waals surface area contributed by atoms with E-state index < -0.39 is 0 Å². The molecule has 0 atom stereocenters. The van der Waals surface area contributed by atoms with E-state index in [2.05, 4.69) is 0 Å². The summed E-state index contributed by atoms with van der Waals surface area (Å²) in [6.07, 6.45) is 1.30. The van der Waals surface area contributed by atoms with E-state index in [1.54, 1.807) is 0 Å². The fraction of sp³-hybridized carbons (Fsp3) is 0.0952. The van der Waals surface area contributed by atoms with Crippen LogP contribution in [0.4, 0.5) is 0 Å². The maximum atomic E-state index is 7.42. The minimum atomic E-state index is 0.462. The summed E-state index contributed by atoms with van der Waals surface area (Å²) in [6, 6.07) is 25.5. The van der Waals surface area contributed by atoms with Gasteiger partial charge in [0.2, 0.25) is 0 Å². The van der Waals surface area contributed by atoms with Crippen LogP contribution >= 0.6 is 0 Å². The molecule has 120 valence electrons. The highest BCUT2D eigenvalue weighted by Gasteiger charge is 2.07. The van der Waals surface area contributed by atoms with Gasteiger partial charge in [-0.05, 0) is 34.9 Å². The summed E-state index contributed by atoms with van der Waals surface area (Å²) in [7, 11) is 0. The predicted molar refractivity (Wildman–Crippen MR) is 95.9 cm³/mol. The van der Waals surface area contributed by atoms with E-state index in [9.17, 15) is 0 Å². The normalized spacial score (nSPS) is 10.2. The van der Waals surface area contributed by atoms with E-state index >= 15 is 0 Å². The highest BCUT2D eigenvalue weighted by Crippen LogP contribution is 2.29. The van der Waals surface area contributed by atoms with Crippen LogP contribution in [0.25, 0.3) is 0 Å². The minimum Gasteiger partial charge on any atom is -0.485 e. The van der Waals surface area contributed by atoms with Gasteiger partial charge in [0, 0.05) is 6.21 Å². The topological polar surface area (TPSA) is 42.3 Å². The fourth-order valence-electron chi connectivity index (χ4n) is 2.32. The van der Waals surface area contributed by atoms with Crippen LogP contribution in [0.3, 0.4) is 0 Å². The zero-order valence-electron chi connectivity index (χ0n) is 13.3. The monoisotopic (exact) mass is 317 g/mol. The summed E-state index contributed by atoms with van der Waals surface area (Å²) >= 11 is 0. The van der Waals surface area contributed by atoms with E-state index in [1.807, 2.05) is 78.9 Å². The Bertz CT molecular complexity index is 785. The van der Waals surface area contributed by atoms with Crippen molar-refractivity contribution in [3.05, 3.63) is 95.6 Å². The van der Waals surface area contributed by atoms with Gasteiger partial charge in [0.25, 0.3) is 0 Å².